The molecule has 1 aliphatic carbocycles. The summed E-state index contributed by atoms with van der Waals surface area (Å²) in [4.78, 5) is 0.166. The lowest BCUT2D eigenvalue weighted by Gasteiger charge is -2.04. The smallest absolute Gasteiger partial charge is 0.182 e. The van der Waals surface area contributed by atoms with Crippen molar-refractivity contribution in [2.45, 2.75) is 16.1 Å². The molecule has 2 aromatic carbocycles. The molecule has 3 unspecified atom stereocenters. The van der Waals surface area contributed by atoms with E-state index in [4.69, 9.17) is 11.6 Å². The van der Waals surface area contributed by atoms with Crippen LogP contribution in [0.4, 0.5) is 4.39 Å². The van der Waals surface area contributed by atoms with Gasteiger partial charge in [-0.2, -0.15) is 0 Å². The first kappa shape index (κ1) is 15.5. The van der Waals surface area contributed by atoms with Gasteiger partial charge < -0.3 is 5.11 Å². The molecule has 0 amide bonds. The third-order valence-electron chi connectivity index (χ3n) is 4.04. The highest BCUT2D eigenvalue weighted by atomic mass is 35.5. The van der Waals surface area contributed by atoms with E-state index < -0.39 is 26.8 Å². The molecule has 0 heterocycles. The van der Waals surface area contributed by atoms with Gasteiger partial charge in [-0.25, -0.2) is 12.8 Å². The van der Waals surface area contributed by atoms with Gasteiger partial charge in [-0.05, 0) is 42.0 Å². The number of benzene rings is 2. The van der Waals surface area contributed by atoms with E-state index in [0.29, 0.717) is 10.6 Å². The SMILES string of the molecule is O=S(=O)(c1ccc(Cl)cc1)C1C(CO)C1c1cccc(F)c1. The molecule has 2 aromatic rings. The lowest BCUT2D eigenvalue weighted by atomic mass is 10.1. The van der Waals surface area contributed by atoms with Crippen molar-refractivity contribution in [1.29, 1.82) is 0 Å². The van der Waals surface area contributed by atoms with Crippen LogP contribution in [0.3, 0.4) is 0 Å². The van der Waals surface area contributed by atoms with Gasteiger partial charge in [-0.1, -0.05) is 23.7 Å². The topological polar surface area (TPSA) is 54.4 Å². The molecule has 3 nitrogen and oxygen atoms in total. The van der Waals surface area contributed by atoms with E-state index in [1.807, 2.05) is 0 Å². The Morgan fingerprint density at radius 2 is 1.82 bits per heavy atom. The quantitative estimate of drug-likeness (QED) is 0.930. The monoisotopic (exact) mass is 340 g/mol. The molecule has 0 aliphatic heterocycles. The van der Waals surface area contributed by atoms with Crippen molar-refractivity contribution in [3.63, 3.8) is 0 Å². The maximum atomic E-state index is 13.4. The van der Waals surface area contributed by atoms with Crippen LogP contribution in [0, 0.1) is 11.7 Å². The van der Waals surface area contributed by atoms with E-state index in [1.165, 1.54) is 36.4 Å². The highest BCUT2D eigenvalue weighted by Gasteiger charge is 2.58. The molecule has 1 fully saturated rings. The summed E-state index contributed by atoms with van der Waals surface area (Å²) in [6.07, 6.45) is 0. The fraction of sp³-hybridized carbons (Fsp3) is 0.250. The molecular formula is C16H14ClFO3S. The van der Waals surface area contributed by atoms with Crippen LogP contribution in [0.2, 0.25) is 5.02 Å². The molecule has 0 aromatic heterocycles. The molecule has 0 spiro atoms. The predicted molar refractivity (Wildman–Crippen MR) is 82.1 cm³/mol. The zero-order chi connectivity index (χ0) is 15.9. The third kappa shape index (κ3) is 2.64. The first-order valence-electron chi connectivity index (χ1n) is 6.81. The van der Waals surface area contributed by atoms with E-state index in [0.717, 1.165) is 0 Å². The fourth-order valence-electron chi connectivity index (χ4n) is 2.92. The van der Waals surface area contributed by atoms with Crippen LogP contribution in [-0.2, 0) is 9.84 Å². The molecule has 1 aliphatic rings. The molecule has 0 radical (unpaired) electrons. The molecule has 1 N–H and O–H groups in total. The Balaban J connectivity index is 1.95. The van der Waals surface area contributed by atoms with Crippen molar-refractivity contribution in [2.75, 3.05) is 6.61 Å². The highest BCUT2D eigenvalue weighted by molar-refractivity contribution is 7.92. The van der Waals surface area contributed by atoms with Crippen LogP contribution in [-0.4, -0.2) is 25.4 Å². The zero-order valence-corrected chi connectivity index (χ0v) is 13.1. The van der Waals surface area contributed by atoms with Gasteiger partial charge in [-0.3, -0.25) is 0 Å². The van der Waals surface area contributed by atoms with Crippen LogP contribution in [0.15, 0.2) is 53.4 Å². The maximum absolute atomic E-state index is 13.4. The van der Waals surface area contributed by atoms with Crippen molar-refractivity contribution >= 4 is 21.4 Å². The van der Waals surface area contributed by atoms with Gasteiger partial charge in [0.2, 0.25) is 0 Å². The summed E-state index contributed by atoms with van der Waals surface area (Å²) in [6, 6.07) is 11.8. The molecule has 0 saturated heterocycles. The zero-order valence-electron chi connectivity index (χ0n) is 11.5. The molecule has 3 atom stereocenters. The first-order valence-corrected chi connectivity index (χ1v) is 8.73. The molecule has 3 rings (SSSR count). The fourth-order valence-corrected chi connectivity index (χ4v) is 5.24. The summed E-state index contributed by atoms with van der Waals surface area (Å²) in [5, 5.41) is 9.17. The minimum Gasteiger partial charge on any atom is -0.396 e. The Morgan fingerprint density at radius 1 is 1.14 bits per heavy atom. The van der Waals surface area contributed by atoms with Crippen molar-refractivity contribution in [3.05, 3.63) is 64.9 Å². The molecule has 1 saturated carbocycles. The number of aliphatic hydroxyl groups is 1. The second-order valence-electron chi connectivity index (χ2n) is 5.39. The van der Waals surface area contributed by atoms with Crippen LogP contribution in [0.5, 0.6) is 0 Å². The summed E-state index contributed by atoms with van der Waals surface area (Å²) in [7, 11) is -3.60. The summed E-state index contributed by atoms with van der Waals surface area (Å²) in [5.74, 6) is -1.22. The number of hydrogen-bond acceptors (Lipinski definition) is 3. The van der Waals surface area contributed by atoms with Gasteiger partial charge >= 0.3 is 0 Å². The van der Waals surface area contributed by atoms with E-state index in [-0.39, 0.29) is 17.4 Å². The van der Waals surface area contributed by atoms with E-state index in [9.17, 15) is 17.9 Å². The van der Waals surface area contributed by atoms with Gasteiger partial charge in [-0.15, -0.1) is 0 Å². The van der Waals surface area contributed by atoms with Crippen molar-refractivity contribution < 1.29 is 17.9 Å². The lowest BCUT2D eigenvalue weighted by molar-refractivity contribution is 0.274. The Kier molecular flexibility index (Phi) is 3.97. The number of halogens is 2. The average Bonchev–Trinajstić information content (AvgIpc) is 3.23. The van der Waals surface area contributed by atoms with Gasteiger partial charge in [0.1, 0.15) is 5.82 Å². The normalized spacial score (nSPS) is 24.2. The molecule has 116 valence electrons. The van der Waals surface area contributed by atoms with Crippen molar-refractivity contribution in [2.24, 2.45) is 5.92 Å². The third-order valence-corrected chi connectivity index (χ3v) is 6.58. The van der Waals surface area contributed by atoms with Gasteiger partial charge in [0.25, 0.3) is 0 Å². The van der Waals surface area contributed by atoms with E-state index >= 15 is 0 Å². The minimum absolute atomic E-state index is 0.166. The molecule has 22 heavy (non-hydrogen) atoms. The molecular weight excluding hydrogens is 327 g/mol. The van der Waals surface area contributed by atoms with Gasteiger partial charge in [0.15, 0.2) is 9.84 Å². The Bertz CT molecular complexity index is 789. The van der Waals surface area contributed by atoms with Crippen molar-refractivity contribution in [1.82, 2.24) is 0 Å². The van der Waals surface area contributed by atoms with E-state index in [1.54, 1.807) is 12.1 Å². The largest absolute Gasteiger partial charge is 0.396 e. The Labute approximate surface area is 133 Å². The van der Waals surface area contributed by atoms with Crippen LogP contribution < -0.4 is 0 Å². The number of aliphatic hydroxyl groups excluding tert-OH is 1. The van der Waals surface area contributed by atoms with Crippen molar-refractivity contribution in [3.8, 4) is 0 Å². The highest BCUT2D eigenvalue weighted by Crippen LogP contribution is 2.53. The van der Waals surface area contributed by atoms with Crippen LogP contribution in [0.1, 0.15) is 11.5 Å². The number of hydrogen-bond donors (Lipinski definition) is 1. The summed E-state index contributed by atoms with van der Waals surface area (Å²) in [5.41, 5.74) is 0.599. The standard InChI is InChI=1S/C16H14ClFO3S/c17-11-4-6-13(7-5-11)22(20,21)16-14(9-19)15(16)10-2-1-3-12(18)8-10/h1-8,14-16,19H,9H2. The predicted octanol–water partition coefficient (Wildman–Crippen LogP) is 3.03. The summed E-state index contributed by atoms with van der Waals surface area (Å²) >= 11 is 5.78. The number of sulfone groups is 1. The Hall–Kier alpha value is -1.43. The lowest BCUT2D eigenvalue weighted by Crippen LogP contribution is -2.11. The van der Waals surface area contributed by atoms with Crippen LogP contribution in [0.25, 0.3) is 0 Å². The number of rotatable bonds is 4. The summed E-state index contributed by atoms with van der Waals surface area (Å²) < 4.78 is 38.7. The minimum atomic E-state index is -3.60. The van der Waals surface area contributed by atoms with Gasteiger partial charge in [0, 0.05) is 23.5 Å². The summed E-state index contributed by atoms with van der Waals surface area (Å²) in [6.45, 7) is -0.251. The first-order chi connectivity index (χ1) is 10.4. The second-order valence-corrected chi connectivity index (χ2v) is 7.93. The van der Waals surface area contributed by atoms with Gasteiger partial charge in [0.05, 0.1) is 10.1 Å². The van der Waals surface area contributed by atoms with Crippen LogP contribution >= 0.6 is 11.6 Å². The second kappa shape index (κ2) is 5.65. The average molecular weight is 341 g/mol. The van der Waals surface area contributed by atoms with E-state index in [2.05, 4.69) is 0 Å². The Morgan fingerprint density at radius 3 is 2.41 bits per heavy atom. The molecule has 6 heteroatoms. The molecule has 0 bridgehead atoms. The maximum Gasteiger partial charge on any atom is 0.182 e.